The Morgan fingerprint density at radius 2 is 1.74 bits per heavy atom. The molecule has 1 N–H and O–H groups in total. The van der Waals surface area contributed by atoms with E-state index < -0.39 is 18.1 Å². The fraction of sp³-hybridized carbons (Fsp3) is 0.789. The normalized spacial score (nSPS) is 25.0. The molecule has 1 aliphatic rings. The number of cyclic esters (lactones) is 1. The van der Waals surface area contributed by atoms with Crippen LogP contribution in [0.2, 0.25) is 0 Å². The van der Waals surface area contributed by atoms with Crippen LogP contribution in [-0.2, 0) is 14.3 Å². The Hall–Kier alpha value is -1.16. The first-order chi connectivity index (χ1) is 10.8. The molecule has 0 radical (unpaired) electrons. The minimum atomic E-state index is -0.733. The largest absolute Gasteiger partial charge is 0.459 e. The smallest absolute Gasteiger partial charge is 0.315 e. The van der Waals surface area contributed by atoms with Gasteiger partial charge in [-0.15, -0.1) is 0 Å². The Balaban J connectivity index is 2.39. The van der Waals surface area contributed by atoms with E-state index in [9.17, 15) is 14.7 Å². The average molecular weight is 324 g/mol. The number of rotatable bonds is 10. The summed E-state index contributed by atoms with van der Waals surface area (Å²) < 4.78 is 5.09. The molecule has 132 valence electrons. The zero-order chi connectivity index (χ0) is 17.4. The van der Waals surface area contributed by atoms with Gasteiger partial charge in [0.15, 0.2) is 0 Å². The van der Waals surface area contributed by atoms with Crippen molar-refractivity contribution in [2.24, 2.45) is 11.8 Å². The zero-order valence-corrected chi connectivity index (χ0v) is 15.0. The second kappa shape index (κ2) is 9.86. The third kappa shape index (κ3) is 6.86. The summed E-state index contributed by atoms with van der Waals surface area (Å²) in [6.07, 6.45) is 7.87. The van der Waals surface area contributed by atoms with Crippen LogP contribution in [0.15, 0.2) is 11.6 Å². The van der Waals surface area contributed by atoms with Crippen molar-refractivity contribution in [2.75, 3.05) is 0 Å². The number of ether oxygens (including phenoxy) is 1. The fourth-order valence-electron chi connectivity index (χ4n) is 2.96. The lowest BCUT2D eigenvalue weighted by Gasteiger charge is -2.15. The predicted octanol–water partition coefficient (Wildman–Crippen LogP) is 3.81. The SMILES string of the molecule is CC(=O)CCCCCCCC(=CC1C(=O)OC(C)C1O)C(C)C. The fourth-order valence-corrected chi connectivity index (χ4v) is 2.96. The summed E-state index contributed by atoms with van der Waals surface area (Å²) in [4.78, 5) is 22.7. The highest BCUT2D eigenvalue weighted by atomic mass is 16.6. The molecule has 0 bridgehead atoms. The molecule has 0 saturated carbocycles. The number of unbranched alkanes of at least 4 members (excludes halogenated alkanes) is 4. The van der Waals surface area contributed by atoms with E-state index in [1.165, 1.54) is 5.57 Å². The van der Waals surface area contributed by atoms with Crippen molar-refractivity contribution >= 4 is 11.8 Å². The van der Waals surface area contributed by atoms with E-state index in [4.69, 9.17) is 4.74 Å². The first kappa shape index (κ1) is 19.9. The third-order valence-electron chi connectivity index (χ3n) is 4.55. The number of carbonyl (C=O) groups is 2. The molecular formula is C19H32O4. The quantitative estimate of drug-likeness (QED) is 0.377. The molecule has 0 spiro atoms. The molecule has 1 rings (SSSR count). The van der Waals surface area contributed by atoms with Gasteiger partial charge in [-0.1, -0.05) is 44.8 Å². The highest BCUT2D eigenvalue weighted by Gasteiger charge is 2.39. The van der Waals surface area contributed by atoms with Gasteiger partial charge in [0.2, 0.25) is 0 Å². The number of Topliss-reactive ketones (excluding diaryl/α,β-unsaturated/α-hetero) is 1. The Morgan fingerprint density at radius 1 is 1.17 bits per heavy atom. The molecule has 4 nitrogen and oxygen atoms in total. The van der Waals surface area contributed by atoms with Crippen molar-refractivity contribution in [1.29, 1.82) is 0 Å². The number of allylic oxidation sites excluding steroid dienone is 1. The molecule has 0 aromatic rings. The van der Waals surface area contributed by atoms with Gasteiger partial charge in [-0.2, -0.15) is 0 Å². The molecule has 0 aromatic heterocycles. The van der Waals surface area contributed by atoms with Crippen molar-refractivity contribution in [3.8, 4) is 0 Å². The number of aliphatic hydroxyl groups is 1. The van der Waals surface area contributed by atoms with E-state index in [0.717, 1.165) is 38.5 Å². The molecule has 1 heterocycles. The van der Waals surface area contributed by atoms with E-state index >= 15 is 0 Å². The Bertz CT molecular complexity index is 425. The number of aliphatic hydroxyl groups excluding tert-OH is 1. The number of ketones is 1. The van der Waals surface area contributed by atoms with E-state index in [1.807, 2.05) is 6.08 Å². The van der Waals surface area contributed by atoms with E-state index in [-0.39, 0.29) is 11.8 Å². The van der Waals surface area contributed by atoms with E-state index in [1.54, 1.807) is 13.8 Å². The summed E-state index contributed by atoms with van der Waals surface area (Å²) in [6.45, 7) is 7.61. The lowest BCUT2D eigenvalue weighted by molar-refractivity contribution is -0.142. The molecule has 3 unspecified atom stereocenters. The standard InChI is InChI=1S/C19H32O4/c1-13(2)16(11-9-7-5-6-8-10-14(3)20)12-17-18(21)15(4)23-19(17)22/h12-13,15,17-18,21H,5-11H2,1-4H3. The van der Waals surface area contributed by atoms with E-state index in [2.05, 4.69) is 13.8 Å². The topological polar surface area (TPSA) is 63.6 Å². The summed E-state index contributed by atoms with van der Waals surface area (Å²) in [5, 5.41) is 10.1. The maximum absolute atomic E-state index is 11.8. The number of carbonyl (C=O) groups excluding carboxylic acids is 2. The van der Waals surface area contributed by atoms with Gasteiger partial charge in [0, 0.05) is 6.42 Å². The third-order valence-corrected chi connectivity index (χ3v) is 4.55. The van der Waals surface area contributed by atoms with E-state index in [0.29, 0.717) is 12.3 Å². The van der Waals surface area contributed by atoms with Crippen LogP contribution in [0.25, 0.3) is 0 Å². The Morgan fingerprint density at radius 3 is 2.22 bits per heavy atom. The summed E-state index contributed by atoms with van der Waals surface area (Å²) >= 11 is 0. The second-order valence-electron chi connectivity index (χ2n) is 7.02. The molecule has 0 aliphatic carbocycles. The highest BCUT2D eigenvalue weighted by Crippen LogP contribution is 2.28. The van der Waals surface area contributed by atoms with Crippen molar-refractivity contribution in [3.05, 3.63) is 11.6 Å². The maximum atomic E-state index is 11.8. The van der Waals surface area contributed by atoms with Crippen LogP contribution in [0.5, 0.6) is 0 Å². The first-order valence-corrected chi connectivity index (χ1v) is 8.91. The van der Waals surface area contributed by atoms with Gasteiger partial charge in [-0.3, -0.25) is 4.79 Å². The first-order valence-electron chi connectivity index (χ1n) is 8.91. The zero-order valence-electron chi connectivity index (χ0n) is 15.0. The average Bonchev–Trinajstić information content (AvgIpc) is 2.70. The Labute approximate surface area is 140 Å². The summed E-state index contributed by atoms with van der Waals surface area (Å²) in [7, 11) is 0. The molecule has 3 atom stereocenters. The van der Waals surface area contributed by atoms with Gasteiger partial charge in [0.1, 0.15) is 23.9 Å². The van der Waals surface area contributed by atoms with Crippen molar-refractivity contribution < 1.29 is 19.4 Å². The van der Waals surface area contributed by atoms with Crippen LogP contribution in [0.1, 0.15) is 72.6 Å². The van der Waals surface area contributed by atoms with Crippen LogP contribution in [0, 0.1) is 11.8 Å². The molecule has 1 saturated heterocycles. The van der Waals surface area contributed by atoms with Crippen LogP contribution in [-0.4, -0.2) is 29.1 Å². The van der Waals surface area contributed by atoms with Crippen LogP contribution >= 0.6 is 0 Å². The number of hydrogen-bond donors (Lipinski definition) is 1. The lowest BCUT2D eigenvalue weighted by Crippen LogP contribution is -2.23. The van der Waals surface area contributed by atoms with Crippen molar-refractivity contribution in [2.45, 2.75) is 84.8 Å². The van der Waals surface area contributed by atoms with Gasteiger partial charge in [0.25, 0.3) is 0 Å². The van der Waals surface area contributed by atoms with Crippen LogP contribution in [0.4, 0.5) is 0 Å². The lowest BCUT2D eigenvalue weighted by atomic mass is 9.90. The minimum Gasteiger partial charge on any atom is -0.459 e. The molecular weight excluding hydrogens is 292 g/mol. The Kier molecular flexibility index (Phi) is 8.53. The van der Waals surface area contributed by atoms with Gasteiger partial charge in [-0.05, 0) is 39.0 Å². The molecule has 4 heteroatoms. The van der Waals surface area contributed by atoms with Crippen molar-refractivity contribution in [3.63, 3.8) is 0 Å². The van der Waals surface area contributed by atoms with Gasteiger partial charge < -0.3 is 14.6 Å². The van der Waals surface area contributed by atoms with Gasteiger partial charge >= 0.3 is 5.97 Å². The van der Waals surface area contributed by atoms with Gasteiger partial charge in [0.05, 0.1) is 0 Å². The second-order valence-corrected chi connectivity index (χ2v) is 7.02. The van der Waals surface area contributed by atoms with Gasteiger partial charge in [-0.25, -0.2) is 0 Å². The number of hydrogen-bond acceptors (Lipinski definition) is 4. The van der Waals surface area contributed by atoms with Crippen molar-refractivity contribution in [1.82, 2.24) is 0 Å². The summed E-state index contributed by atoms with van der Waals surface area (Å²) in [5.41, 5.74) is 1.23. The minimum absolute atomic E-state index is 0.270. The molecule has 1 aliphatic heterocycles. The van der Waals surface area contributed by atoms with Crippen LogP contribution < -0.4 is 0 Å². The monoisotopic (exact) mass is 324 g/mol. The van der Waals surface area contributed by atoms with Crippen LogP contribution in [0.3, 0.4) is 0 Å². The maximum Gasteiger partial charge on any atom is 0.315 e. The summed E-state index contributed by atoms with van der Waals surface area (Å²) in [6, 6.07) is 0. The molecule has 1 fully saturated rings. The summed E-state index contributed by atoms with van der Waals surface area (Å²) in [5.74, 6) is -0.194. The number of esters is 1. The molecule has 0 amide bonds. The molecule has 23 heavy (non-hydrogen) atoms. The molecule has 0 aromatic carbocycles. The highest BCUT2D eigenvalue weighted by molar-refractivity contribution is 5.78. The predicted molar refractivity (Wildman–Crippen MR) is 91.0 cm³/mol.